The van der Waals surface area contributed by atoms with Gasteiger partial charge in [-0.2, -0.15) is 0 Å². The lowest BCUT2D eigenvalue weighted by Crippen LogP contribution is -2.37. The fourth-order valence-corrected chi connectivity index (χ4v) is 3.85. The van der Waals surface area contributed by atoms with Crippen LogP contribution in [0.15, 0.2) is 42.5 Å². The quantitative estimate of drug-likeness (QED) is 0.506. The summed E-state index contributed by atoms with van der Waals surface area (Å²) >= 11 is 6.20. The number of rotatable bonds is 8. The molecule has 8 heteroatoms. The Morgan fingerprint density at radius 1 is 1.00 bits per heavy atom. The Morgan fingerprint density at radius 2 is 1.76 bits per heavy atom. The van der Waals surface area contributed by atoms with Gasteiger partial charge in [-0.15, -0.1) is 0 Å². The van der Waals surface area contributed by atoms with E-state index in [4.69, 9.17) is 11.6 Å². The molecule has 3 N–H and O–H groups in total. The van der Waals surface area contributed by atoms with Gasteiger partial charge in [-0.05, 0) is 61.6 Å². The van der Waals surface area contributed by atoms with E-state index in [2.05, 4.69) is 22.9 Å². The van der Waals surface area contributed by atoms with Gasteiger partial charge in [0.05, 0.1) is 17.3 Å². The van der Waals surface area contributed by atoms with Gasteiger partial charge in [0.2, 0.25) is 11.8 Å². The van der Waals surface area contributed by atoms with Gasteiger partial charge in [-0.3, -0.25) is 14.4 Å². The van der Waals surface area contributed by atoms with Crippen molar-refractivity contribution in [1.82, 2.24) is 4.90 Å². The predicted molar refractivity (Wildman–Crippen MR) is 133 cm³/mol. The van der Waals surface area contributed by atoms with Gasteiger partial charge in [-0.25, -0.2) is 0 Å². The summed E-state index contributed by atoms with van der Waals surface area (Å²) in [5.41, 5.74) is 2.28. The van der Waals surface area contributed by atoms with Crippen LogP contribution in [0, 0.1) is 5.92 Å². The highest BCUT2D eigenvalue weighted by Gasteiger charge is 2.21. The number of carbonyl (C=O) groups is 3. The minimum absolute atomic E-state index is 0.00161. The van der Waals surface area contributed by atoms with Crippen molar-refractivity contribution in [3.05, 3.63) is 53.1 Å². The van der Waals surface area contributed by atoms with Crippen LogP contribution in [-0.2, 0) is 9.59 Å². The lowest BCUT2D eigenvalue weighted by molar-refractivity contribution is -0.116. The van der Waals surface area contributed by atoms with Gasteiger partial charge in [0.25, 0.3) is 5.91 Å². The first-order chi connectivity index (χ1) is 15.9. The van der Waals surface area contributed by atoms with E-state index in [1.165, 1.54) is 0 Å². The van der Waals surface area contributed by atoms with Crippen LogP contribution in [0.25, 0.3) is 0 Å². The maximum atomic E-state index is 12.8. The largest absolute Gasteiger partial charge is 0.376 e. The van der Waals surface area contributed by atoms with Gasteiger partial charge in [-0.1, -0.05) is 31.5 Å². The fourth-order valence-electron chi connectivity index (χ4n) is 3.68. The average Bonchev–Trinajstić information content (AvgIpc) is 2.80. The molecule has 176 valence electrons. The Hall–Kier alpha value is -3.06. The maximum Gasteiger partial charge on any atom is 0.253 e. The average molecular weight is 471 g/mol. The zero-order chi connectivity index (χ0) is 23.8. The first kappa shape index (κ1) is 24.6. The molecule has 3 rings (SSSR count). The van der Waals surface area contributed by atoms with E-state index in [-0.39, 0.29) is 24.3 Å². The summed E-state index contributed by atoms with van der Waals surface area (Å²) in [5.74, 6) is 0.286. The molecule has 2 aromatic rings. The van der Waals surface area contributed by atoms with Gasteiger partial charge < -0.3 is 20.9 Å². The van der Waals surface area contributed by atoms with Gasteiger partial charge in [0.15, 0.2) is 0 Å². The number of halogens is 1. The van der Waals surface area contributed by atoms with E-state index in [1.807, 2.05) is 17.9 Å². The van der Waals surface area contributed by atoms with Crippen LogP contribution >= 0.6 is 11.6 Å². The number of likely N-dealkylation sites (tertiary alicyclic amines) is 1. The molecule has 7 nitrogen and oxygen atoms in total. The molecule has 0 aliphatic carbocycles. The fraction of sp³-hybridized carbons (Fsp3) is 0.400. The van der Waals surface area contributed by atoms with Crippen molar-refractivity contribution in [2.24, 2.45) is 5.92 Å². The second-order valence-electron chi connectivity index (χ2n) is 8.45. The Bertz CT molecular complexity index is 1000. The number of amides is 3. The monoisotopic (exact) mass is 470 g/mol. The van der Waals surface area contributed by atoms with Crippen LogP contribution in [0.2, 0.25) is 5.02 Å². The molecule has 1 saturated heterocycles. The normalized spacial score (nSPS) is 14.0. The minimum atomic E-state index is -0.296. The zero-order valence-electron chi connectivity index (χ0n) is 19.1. The van der Waals surface area contributed by atoms with Crippen molar-refractivity contribution in [2.75, 3.05) is 35.6 Å². The summed E-state index contributed by atoms with van der Waals surface area (Å²) in [5, 5.41) is 8.98. The van der Waals surface area contributed by atoms with Crippen molar-refractivity contribution < 1.29 is 14.4 Å². The maximum absolute atomic E-state index is 12.8. The van der Waals surface area contributed by atoms with Crippen LogP contribution in [-0.4, -0.2) is 42.3 Å². The van der Waals surface area contributed by atoms with Crippen LogP contribution in [0.4, 0.5) is 17.1 Å². The topological polar surface area (TPSA) is 90.5 Å². The Labute approximate surface area is 199 Å². The Morgan fingerprint density at radius 3 is 2.48 bits per heavy atom. The summed E-state index contributed by atoms with van der Waals surface area (Å²) < 4.78 is 0. The number of nitrogens with one attached hydrogen (secondary N) is 3. The molecule has 0 aromatic heterocycles. The molecule has 1 heterocycles. The lowest BCUT2D eigenvalue weighted by atomic mass is 9.98. The molecule has 33 heavy (non-hydrogen) atoms. The highest BCUT2D eigenvalue weighted by molar-refractivity contribution is 6.34. The van der Waals surface area contributed by atoms with E-state index >= 15 is 0 Å². The van der Waals surface area contributed by atoms with Crippen molar-refractivity contribution >= 4 is 46.4 Å². The van der Waals surface area contributed by atoms with E-state index in [0.717, 1.165) is 32.4 Å². The standard InChI is InChI=1S/C25H31ClN4O3/c1-3-5-23(31)28-20-8-9-21(26)22(15-20)29-24(32)16-27-19-7-4-6-18(14-19)25(33)30-12-10-17(2)11-13-30/h4,6-9,14-15,17,27H,3,5,10-13,16H2,1-2H3,(H,28,31)(H,29,32). The van der Waals surface area contributed by atoms with Crippen LogP contribution in [0.1, 0.15) is 49.9 Å². The summed E-state index contributed by atoms with van der Waals surface area (Å²) in [4.78, 5) is 39.0. The molecule has 3 amide bonds. The third-order valence-corrected chi connectivity index (χ3v) is 5.96. The van der Waals surface area contributed by atoms with Gasteiger partial charge >= 0.3 is 0 Å². The summed E-state index contributed by atoms with van der Waals surface area (Å²) in [6.07, 6.45) is 3.22. The second-order valence-corrected chi connectivity index (χ2v) is 8.86. The molecule has 1 aliphatic heterocycles. The molecule has 0 spiro atoms. The smallest absolute Gasteiger partial charge is 0.253 e. The number of hydrogen-bond donors (Lipinski definition) is 3. The second kappa shape index (κ2) is 11.7. The Balaban J connectivity index is 1.56. The van der Waals surface area contributed by atoms with Crippen molar-refractivity contribution in [3.8, 4) is 0 Å². The number of nitrogens with zero attached hydrogens (tertiary/aromatic N) is 1. The molecule has 0 unspecified atom stereocenters. The predicted octanol–water partition coefficient (Wildman–Crippen LogP) is 5.00. The molecule has 2 aromatic carbocycles. The number of anilines is 3. The highest BCUT2D eigenvalue weighted by Crippen LogP contribution is 2.26. The van der Waals surface area contributed by atoms with Crippen LogP contribution < -0.4 is 16.0 Å². The number of benzene rings is 2. The van der Waals surface area contributed by atoms with E-state index in [9.17, 15) is 14.4 Å². The first-order valence-corrected chi connectivity index (χ1v) is 11.8. The molecular formula is C25H31ClN4O3. The highest BCUT2D eigenvalue weighted by atomic mass is 35.5. The first-order valence-electron chi connectivity index (χ1n) is 11.4. The summed E-state index contributed by atoms with van der Waals surface area (Å²) in [6.45, 7) is 5.70. The van der Waals surface area contributed by atoms with Crippen molar-refractivity contribution in [2.45, 2.75) is 39.5 Å². The molecule has 1 aliphatic rings. The molecular weight excluding hydrogens is 440 g/mol. The number of carbonyl (C=O) groups excluding carboxylic acids is 3. The molecule has 1 fully saturated rings. The summed E-state index contributed by atoms with van der Waals surface area (Å²) in [7, 11) is 0. The van der Waals surface area contributed by atoms with E-state index in [0.29, 0.717) is 40.0 Å². The van der Waals surface area contributed by atoms with Crippen LogP contribution in [0.5, 0.6) is 0 Å². The Kier molecular flexibility index (Phi) is 8.72. The molecule has 0 radical (unpaired) electrons. The van der Waals surface area contributed by atoms with Gasteiger partial charge in [0.1, 0.15) is 0 Å². The number of hydrogen-bond acceptors (Lipinski definition) is 4. The third kappa shape index (κ3) is 7.22. The molecule has 0 saturated carbocycles. The van der Waals surface area contributed by atoms with E-state index in [1.54, 1.807) is 36.4 Å². The SMILES string of the molecule is CCCC(=O)Nc1ccc(Cl)c(NC(=O)CNc2cccc(C(=O)N3CCC(C)CC3)c2)c1. The third-order valence-electron chi connectivity index (χ3n) is 5.63. The lowest BCUT2D eigenvalue weighted by Gasteiger charge is -2.30. The molecule has 0 atom stereocenters. The van der Waals surface area contributed by atoms with Gasteiger partial charge in [0, 0.05) is 36.4 Å². The molecule has 0 bridgehead atoms. The van der Waals surface area contributed by atoms with Crippen molar-refractivity contribution in [1.29, 1.82) is 0 Å². The minimum Gasteiger partial charge on any atom is -0.376 e. The van der Waals surface area contributed by atoms with Crippen molar-refractivity contribution in [3.63, 3.8) is 0 Å². The number of piperidine rings is 1. The zero-order valence-corrected chi connectivity index (χ0v) is 19.9. The van der Waals surface area contributed by atoms with E-state index < -0.39 is 0 Å². The summed E-state index contributed by atoms with van der Waals surface area (Å²) in [6, 6.07) is 12.1. The van der Waals surface area contributed by atoms with Crippen LogP contribution in [0.3, 0.4) is 0 Å².